The van der Waals surface area contributed by atoms with Crippen LogP contribution in [0.15, 0.2) is 64.8 Å². The summed E-state index contributed by atoms with van der Waals surface area (Å²) in [6.45, 7) is 9.69. The van der Waals surface area contributed by atoms with E-state index in [1.54, 1.807) is 45.0 Å². The van der Waals surface area contributed by atoms with Crippen molar-refractivity contribution < 1.29 is 50.5 Å². The maximum absolute atomic E-state index is 13.5. The first-order valence-corrected chi connectivity index (χ1v) is 15.4. The maximum atomic E-state index is 13.5. The molecule has 1 N–H and O–H groups in total. The summed E-state index contributed by atoms with van der Waals surface area (Å²) in [4.78, 5) is 28.5. The van der Waals surface area contributed by atoms with Gasteiger partial charge in [0.25, 0.3) is 22.7 Å². The second-order valence-corrected chi connectivity index (χ2v) is 13.8. The van der Waals surface area contributed by atoms with Gasteiger partial charge in [-0.2, -0.15) is 18.3 Å². The lowest BCUT2D eigenvalue weighted by Gasteiger charge is -2.29. The third-order valence-electron chi connectivity index (χ3n) is 6.01. The zero-order valence-electron chi connectivity index (χ0n) is 26.7. The number of rotatable bonds is 10. The number of hydrazine groups is 1. The van der Waals surface area contributed by atoms with E-state index < -0.39 is 58.4 Å². The lowest BCUT2D eigenvalue weighted by Crippen LogP contribution is -2.51. The molecule has 1 amide bonds. The number of aromatic nitrogens is 2. The molecule has 0 unspecified atom stereocenters. The molecule has 0 atom stereocenters. The molecule has 14 nitrogen and oxygen atoms in total. The first kappa shape index (κ1) is 36.6. The van der Waals surface area contributed by atoms with Crippen molar-refractivity contribution in [1.29, 1.82) is 0 Å². The number of ether oxygens (including phenoxy) is 2. The minimum atomic E-state index is -4.73. The molecular formula is C29H35F3N6O8S. The standard InChI is InChI=1S/C29H35F3N6O8S/c1-19-8-10-20(11-9-19)23-16-24(29(30,31)32)33-37(23)21-12-14-22(15-13-21)47(42,43)34-25(39)17-36(27(2,3)4)38(41)35-45-18-44-26(40)46-28(5,6)7/h8-16H,17-18H2,1-7H3,(H,34,39)/b38-35-. The summed E-state index contributed by atoms with van der Waals surface area (Å²) >= 11 is 0. The predicted molar refractivity (Wildman–Crippen MR) is 160 cm³/mol. The molecule has 3 rings (SSSR count). The number of hydrogen-bond donors (Lipinski definition) is 1. The third kappa shape index (κ3) is 10.3. The molecule has 0 aliphatic carbocycles. The van der Waals surface area contributed by atoms with Crippen molar-refractivity contribution in [2.45, 2.75) is 70.7 Å². The number of carbonyl (C=O) groups excluding carboxylic acids is 2. The van der Waals surface area contributed by atoms with Crippen LogP contribution in [0.1, 0.15) is 52.8 Å². The third-order valence-corrected chi connectivity index (χ3v) is 7.40. The Hall–Kier alpha value is -4.87. The van der Waals surface area contributed by atoms with Crippen LogP contribution in [0.2, 0.25) is 0 Å². The molecule has 47 heavy (non-hydrogen) atoms. The number of sulfonamides is 1. The molecular weight excluding hydrogens is 649 g/mol. The van der Waals surface area contributed by atoms with E-state index in [1.807, 2.05) is 11.6 Å². The molecule has 0 fully saturated rings. The average Bonchev–Trinajstić information content (AvgIpc) is 3.39. The van der Waals surface area contributed by atoms with E-state index in [4.69, 9.17) is 4.74 Å². The van der Waals surface area contributed by atoms with E-state index in [0.29, 0.717) is 5.56 Å². The number of benzene rings is 2. The molecule has 0 spiro atoms. The van der Waals surface area contributed by atoms with Gasteiger partial charge in [-0.3, -0.25) is 4.79 Å². The fourth-order valence-electron chi connectivity index (χ4n) is 3.82. The molecule has 2 aromatic carbocycles. The Labute approximate surface area is 269 Å². The van der Waals surface area contributed by atoms with E-state index in [2.05, 4.69) is 20.0 Å². The molecule has 1 heterocycles. The molecule has 256 valence electrons. The van der Waals surface area contributed by atoms with Crippen LogP contribution in [0, 0.1) is 12.1 Å². The van der Waals surface area contributed by atoms with Gasteiger partial charge in [-0.15, -0.1) is 5.01 Å². The van der Waals surface area contributed by atoms with Crippen molar-refractivity contribution in [1.82, 2.24) is 19.5 Å². The highest BCUT2D eigenvalue weighted by Gasteiger charge is 2.36. The quantitative estimate of drug-likeness (QED) is 0.0720. The van der Waals surface area contributed by atoms with Gasteiger partial charge in [-0.25, -0.2) is 22.6 Å². The second-order valence-electron chi connectivity index (χ2n) is 12.1. The molecule has 3 aromatic rings. The van der Waals surface area contributed by atoms with Gasteiger partial charge in [-0.1, -0.05) is 29.8 Å². The summed E-state index contributed by atoms with van der Waals surface area (Å²) in [5, 5.41) is 20.3. The highest BCUT2D eigenvalue weighted by Crippen LogP contribution is 2.33. The predicted octanol–water partition coefficient (Wildman–Crippen LogP) is 5.49. The molecule has 0 saturated carbocycles. The van der Waals surface area contributed by atoms with Crippen LogP contribution in [0.4, 0.5) is 18.0 Å². The number of hydrogen-bond acceptors (Lipinski definition) is 10. The van der Waals surface area contributed by atoms with Gasteiger partial charge in [0.05, 0.1) is 26.8 Å². The highest BCUT2D eigenvalue weighted by molar-refractivity contribution is 7.90. The van der Waals surface area contributed by atoms with Crippen molar-refractivity contribution >= 4 is 22.1 Å². The minimum Gasteiger partial charge on any atom is -0.569 e. The molecule has 0 aliphatic rings. The van der Waals surface area contributed by atoms with Crippen LogP contribution in [-0.2, 0) is 35.3 Å². The Morgan fingerprint density at radius 3 is 2.15 bits per heavy atom. The number of carbonyl (C=O) groups is 2. The van der Waals surface area contributed by atoms with Crippen molar-refractivity contribution in [3.8, 4) is 16.9 Å². The topological polar surface area (TPSA) is 167 Å². The van der Waals surface area contributed by atoms with Crippen LogP contribution in [0.5, 0.6) is 0 Å². The lowest BCUT2D eigenvalue weighted by atomic mass is 10.1. The monoisotopic (exact) mass is 684 g/mol. The smallest absolute Gasteiger partial charge is 0.511 e. The lowest BCUT2D eigenvalue weighted by molar-refractivity contribution is -0.723. The second kappa shape index (κ2) is 13.9. The molecule has 0 aliphatic heterocycles. The SMILES string of the molecule is Cc1ccc(-c2cc(C(F)(F)F)nn2-c2ccc(S(=O)(=O)NC(=O)CN(/[N+]([O-])=N/OCOC(=O)OC(C)(C)C)C(C)(C)C)cc2)cc1. The Bertz CT molecular complexity index is 1710. The summed E-state index contributed by atoms with van der Waals surface area (Å²) in [5.74, 6) is -1.12. The summed E-state index contributed by atoms with van der Waals surface area (Å²) in [5.41, 5.74) is -1.45. The highest BCUT2D eigenvalue weighted by atomic mass is 32.2. The Balaban J connectivity index is 1.75. The van der Waals surface area contributed by atoms with Crippen LogP contribution >= 0.6 is 0 Å². The van der Waals surface area contributed by atoms with Crippen LogP contribution in [0.3, 0.4) is 0 Å². The van der Waals surface area contributed by atoms with Gasteiger partial charge >= 0.3 is 12.3 Å². The van der Waals surface area contributed by atoms with E-state index in [0.717, 1.165) is 33.5 Å². The van der Waals surface area contributed by atoms with Crippen molar-refractivity contribution in [2.24, 2.45) is 5.28 Å². The number of alkyl halides is 3. The van der Waals surface area contributed by atoms with Crippen molar-refractivity contribution in [3.63, 3.8) is 0 Å². The Morgan fingerprint density at radius 1 is 1.02 bits per heavy atom. The van der Waals surface area contributed by atoms with Gasteiger partial charge in [0, 0.05) is 5.56 Å². The largest absolute Gasteiger partial charge is 0.569 e. The zero-order chi connectivity index (χ0) is 35.4. The zero-order valence-corrected chi connectivity index (χ0v) is 27.5. The normalized spacial score (nSPS) is 12.8. The van der Waals surface area contributed by atoms with Gasteiger partial charge in [0.2, 0.25) is 5.28 Å². The number of aryl methyl sites for hydroxylation is 1. The van der Waals surface area contributed by atoms with E-state index in [-0.39, 0.29) is 21.2 Å². The molecule has 0 radical (unpaired) electrons. The van der Waals surface area contributed by atoms with E-state index >= 15 is 0 Å². The minimum absolute atomic E-state index is 0.107. The fourth-order valence-corrected chi connectivity index (χ4v) is 4.79. The number of nitrogens with zero attached hydrogens (tertiary/aromatic N) is 5. The number of nitrogens with one attached hydrogen (secondary N) is 1. The number of amides is 1. The summed E-state index contributed by atoms with van der Waals surface area (Å²) in [7, 11) is -4.50. The maximum Gasteiger partial charge on any atom is 0.511 e. The van der Waals surface area contributed by atoms with Crippen LogP contribution in [-0.4, -0.2) is 64.7 Å². The number of halogens is 3. The first-order valence-electron chi connectivity index (χ1n) is 13.9. The van der Waals surface area contributed by atoms with Gasteiger partial charge in [-0.05, 0) is 78.8 Å². The van der Waals surface area contributed by atoms with Gasteiger partial charge in [0.1, 0.15) is 5.60 Å². The summed E-state index contributed by atoms with van der Waals surface area (Å²) in [6.07, 6.45) is -5.80. The molecule has 0 saturated heterocycles. The van der Waals surface area contributed by atoms with E-state index in [1.165, 1.54) is 32.9 Å². The summed E-state index contributed by atoms with van der Waals surface area (Å²) < 4.78 is 79.0. The Kier molecular flexibility index (Phi) is 10.8. The Morgan fingerprint density at radius 2 is 1.62 bits per heavy atom. The fraction of sp³-hybridized carbons (Fsp3) is 0.414. The molecule has 1 aromatic heterocycles. The van der Waals surface area contributed by atoms with E-state index in [9.17, 15) is 36.4 Å². The van der Waals surface area contributed by atoms with Gasteiger partial charge < -0.3 is 19.5 Å². The van der Waals surface area contributed by atoms with Gasteiger partial charge in [0.15, 0.2) is 12.2 Å². The molecule has 0 bridgehead atoms. The summed E-state index contributed by atoms with van der Waals surface area (Å²) in [6, 6.07) is 12.3. The average molecular weight is 685 g/mol. The van der Waals surface area contributed by atoms with Crippen molar-refractivity contribution in [3.05, 3.63) is 71.1 Å². The first-order chi connectivity index (χ1) is 21.6. The van der Waals surface area contributed by atoms with Crippen LogP contribution < -0.4 is 4.72 Å². The van der Waals surface area contributed by atoms with Crippen molar-refractivity contribution in [2.75, 3.05) is 13.3 Å². The molecule has 18 heteroatoms. The van der Waals surface area contributed by atoms with Crippen LogP contribution in [0.25, 0.3) is 16.9 Å².